The van der Waals surface area contributed by atoms with Gasteiger partial charge < -0.3 is 10.5 Å². The lowest BCUT2D eigenvalue weighted by Crippen LogP contribution is -2.26. The molecule has 7 heteroatoms. The molecule has 0 fully saturated rings. The number of rotatable bonds is 5. The second-order valence-electron chi connectivity index (χ2n) is 4.53. The van der Waals surface area contributed by atoms with Crippen LogP contribution in [0.25, 0.3) is 0 Å². The molecule has 6 nitrogen and oxygen atoms in total. The minimum atomic E-state index is -3.59. The summed E-state index contributed by atoms with van der Waals surface area (Å²) < 4.78 is 31.2. The van der Waals surface area contributed by atoms with Crippen molar-refractivity contribution in [3.8, 4) is 5.75 Å². The van der Waals surface area contributed by atoms with E-state index < -0.39 is 10.0 Å². The molecule has 1 heterocycles. The maximum absolute atomic E-state index is 12.4. The molecule has 0 aliphatic carbocycles. The van der Waals surface area contributed by atoms with Crippen LogP contribution in [0.15, 0.2) is 47.5 Å². The van der Waals surface area contributed by atoms with Crippen LogP contribution in [0.4, 0.5) is 5.82 Å². The molecule has 0 radical (unpaired) electrons. The molecule has 0 aliphatic rings. The van der Waals surface area contributed by atoms with E-state index in [1.165, 1.54) is 29.7 Å². The van der Waals surface area contributed by atoms with Gasteiger partial charge in [0.15, 0.2) is 0 Å². The first-order valence-electron chi connectivity index (χ1n) is 6.24. The van der Waals surface area contributed by atoms with Crippen LogP contribution in [0.2, 0.25) is 0 Å². The number of ether oxygens (including phenoxy) is 1. The number of nitrogens with zero attached hydrogens (tertiary/aromatic N) is 2. The van der Waals surface area contributed by atoms with E-state index in [0.717, 1.165) is 11.3 Å². The first-order valence-corrected chi connectivity index (χ1v) is 7.68. The highest BCUT2D eigenvalue weighted by Crippen LogP contribution is 2.19. The lowest BCUT2D eigenvalue weighted by Gasteiger charge is -2.17. The zero-order valence-electron chi connectivity index (χ0n) is 11.9. The topological polar surface area (TPSA) is 85.5 Å². The molecule has 1 aromatic heterocycles. The summed E-state index contributed by atoms with van der Waals surface area (Å²) in [5.74, 6) is 0.903. The van der Waals surface area contributed by atoms with Crippen molar-refractivity contribution in [3.63, 3.8) is 0 Å². The molecule has 21 heavy (non-hydrogen) atoms. The summed E-state index contributed by atoms with van der Waals surface area (Å²) in [7, 11) is -0.487. The van der Waals surface area contributed by atoms with E-state index in [-0.39, 0.29) is 17.3 Å². The quantitative estimate of drug-likeness (QED) is 0.904. The highest BCUT2D eigenvalue weighted by atomic mass is 32.2. The van der Waals surface area contributed by atoms with Gasteiger partial charge in [0.2, 0.25) is 10.0 Å². The molecular weight excluding hydrogens is 290 g/mol. The number of pyridine rings is 1. The van der Waals surface area contributed by atoms with Gasteiger partial charge in [0.1, 0.15) is 11.6 Å². The molecule has 2 rings (SSSR count). The third-order valence-electron chi connectivity index (χ3n) is 3.03. The van der Waals surface area contributed by atoms with Crippen molar-refractivity contribution in [1.82, 2.24) is 9.29 Å². The Morgan fingerprint density at radius 3 is 2.48 bits per heavy atom. The summed E-state index contributed by atoms with van der Waals surface area (Å²) in [6.07, 6.45) is 1.38. The Kier molecular flexibility index (Phi) is 4.44. The van der Waals surface area contributed by atoms with Crippen molar-refractivity contribution in [2.24, 2.45) is 0 Å². The fraction of sp³-hybridized carbons (Fsp3) is 0.214. The van der Waals surface area contributed by atoms with Gasteiger partial charge in [-0.2, -0.15) is 4.31 Å². The Hall–Kier alpha value is -2.12. The smallest absolute Gasteiger partial charge is 0.243 e. The molecule has 2 N–H and O–H groups in total. The number of benzene rings is 1. The third-order valence-corrected chi connectivity index (χ3v) is 4.82. The van der Waals surface area contributed by atoms with E-state index in [0.29, 0.717) is 0 Å². The van der Waals surface area contributed by atoms with E-state index in [9.17, 15) is 8.42 Å². The maximum atomic E-state index is 12.4. The van der Waals surface area contributed by atoms with E-state index in [2.05, 4.69) is 4.98 Å². The van der Waals surface area contributed by atoms with Crippen LogP contribution in [0.1, 0.15) is 5.56 Å². The Morgan fingerprint density at radius 1 is 1.24 bits per heavy atom. The van der Waals surface area contributed by atoms with E-state index in [1.54, 1.807) is 19.2 Å². The average Bonchev–Trinajstić information content (AvgIpc) is 2.48. The van der Waals surface area contributed by atoms with Crippen LogP contribution < -0.4 is 10.5 Å². The number of sulfonamides is 1. The minimum Gasteiger partial charge on any atom is -0.497 e. The third kappa shape index (κ3) is 3.50. The number of aromatic nitrogens is 1. The molecule has 0 spiro atoms. The second-order valence-corrected chi connectivity index (χ2v) is 6.57. The summed E-state index contributed by atoms with van der Waals surface area (Å²) in [6.45, 7) is 0.258. The predicted octanol–water partition coefficient (Wildman–Crippen LogP) is 1.49. The molecule has 0 aliphatic heterocycles. The molecule has 2 aromatic rings. The molecule has 0 bridgehead atoms. The summed E-state index contributed by atoms with van der Waals surface area (Å²) in [5.41, 5.74) is 6.40. The highest BCUT2D eigenvalue weighted by Gasteiger charge is 2.21. The van der Waals surface area contributed by atoms with Gasteiger partial charge in [-0.05, 0) is 23.8 Å². The van der Waals surface area contributed by atoms with Gasteiger partial charge in [-0.25, -0.2) is 13.4 Å². The van der Waals surface area contributed by atoms with Crippen LogP contribution >= 0.6 is 0 Å². The second kappa shape index (κ2) is 6.11. The zero-order chi connectivity index (χ0) is 15.5. The average molecular weight is 307 g/mol. The minimum absolute atomic E-state index is 0.131. The lowest BCUT2D eigenvalue weighted by atomic mass is 10.2. The van der Waals surface area contributed by atoms with Crippen LogP contribution in [0.5, 0.6) is 5.75 Å². The molecule has 112 valence electrons. The predicted molar refractivity (Wildman–Crippen MR) is 80.3 cm³/mol. The largest absolute Gasteiger partial charge is 0.497 e. The normalized spacial score (nSPS) is 11.6. The Bertz CT molecular complexity index is 714. The van der Waals surface area contributed by atoms with Gasteiger partial charge in [-0.1, -0.05) is 12.1 Å². The number of nitrogens with two attached hydrogens (primary N) is 1. The standard InChI is InChI=1S/C14H17N3O3S/c1-17(10-11-3-5-12(20-2)6-4-11)21(18,19)13-7-8-16-14(15)9-13/h3-9H,10H2,1-2H3,(H2,15,16). The molecule has 1 aromatic carbocycles. The molecular formula is C14H17N3O3S. The Labute approximate surface area is 124 Å². The molecule has 0 saturated heterocycles. The van der Waals surface area contributed by atoms with Crippen molar-refractivity contribution in [1.29, 1.82) is 0 Å². The SMILES string of the molecule is COc1ccc(CN(C)S(=O)(=O)c2ccnc(N)c2)cc1. The molecule has 0 unspecified atom stereocenters. The van der Waals surface area contributed by atoms with Crippen molar-refractivity contribution in [2.75, 3.05) is 19.9 Å². The van der Waals surface area contributed by atoms with Crippen molar-refractivity contribution >= 4 is 15.8 Å². The first kappa shape index (κ1) is 15.3. The van der Waals surface area contributed by atoms with Gasteiger partial charge in [0, 0.05) is 25.9 Å². The summed E-state index contributed by atoms with van der Waals surface area (Å²) in [6, 6.07) is 10.0. The van der Waals surface area contributed by atoms with Gasteiger partial charge in [-0.15, -0.1) is 0 Å². The monoisotopic (exact) mass is 307 g/mol. The van der Waals surface area contributed by atoms with Crippen molar-refractivity contribution in [2.45, 2.75) is 11.4 Å². The van der Waals surface area contributed by atoms with Crippen molar-refractivity contribution < 1.29 is 13.2 Å². The summed E-state index contributed by atoms with van der Waals surface area (Å²) in [5, 5.41) is 0. The van der Waals surface area contributed by atoms with Crippen LogP contribution in [-0.2, 0) is 16.6 Å². The summed E-state index contributed by atoms with van der Waals surface area (Å²) in [4.78, 5) is 3.93. The summed E-state index contributed by atoms with van der Waals surface area (Å²) >= 11 is 0. The van der Waals surface area contributed by atoms with E-state index in [1.807, 2.05) is 12.1 Å². The van der Waals surface area contributed by atoms with Crippen LogP contribution in [0, 0.1) is 0 Å². The lowest BCUT2D eigenvalue weighted by molar-refractivity contribution is 0.414. The highest BCUT2D eigenvalue weighted by molar-refractivity contribution is 7.89. The fourth-order valence-electron chi connectivity index (χ4n) is 1.84. The van der Waals surface area contributed by atoms with E-state index >= 15 is 0 Å². The number of hydrogen-bond acceptors (Lipinski definition) is 5. The number of hydrogen-bond donors (Lipinski definition) is 1. The van der Waals surface area contributed by atoms with E-state index in [4.69, 9.17) is 10.5 Å². The number of anilines is 1. The Morgan fingerprint density at radius 2 is 1.90 bits per heavy atom. The first-order chi connectivity index (χ1) is 9.93. The fourth-order valence-corrected chi connectivity index (χ4v) is 3.02. The van der Waals surface area contributed by atoms with Crippen LogP contribution in [0.3, 0.4) is 0 Å². The molecule has 0 atom stereocenters. The number of methoxy groups -OCH3 is 1. The maximum Gasteiger partial charge on any atom is 0.243 e. The zero-order valence-corrected chi connectivity index (χ0v) is 12.7. The van der Waals surface area contributed by atoms with Gasteiger partial charge >= 0.3 is 0 Å². The van der Waals surface area contributed by atoms with Crippen LogP contribution in [-0.4, -0.2) is 31.9 Å². The van der Waals surface area contributed by atoms with Crippen molar-refractivity contribution in [3.05, 3.63) is 48.2 Å². The Balaban J connectivity index is 2.20. The van der Waals surface area contributed by atoms with Gasteiger partial charge in [0.25, 0.3) is 0 Å². The molecule has 0 amide bonds. The van der Waals surface area contributed by atoms with Gasteiger partial charge in [0.05, 0.1) is 12.0 Å². The molecule has 0 saturated carbocycles. The van der Waals surface area contributed by atoms with Gasteiger partial charge in [-0.3, -0.25) is 0 Å². The number of nitrogen functional groups attached to an aromatic ring is 1.